The second-order valence-corrected chi connectivity index (χ2v) is 3.11. The zero-order valence-corrected chi connectivity index (χ0v) is 8.58. The van der Waals surface area contributed by atoms with Crippen LogP contribution >= 0.6 is 0 Å². The first-order chi connectivity index (χ1) is 6.75. The Morgan fingerprint density at radius 3 is 2.93 bits per heavy atom. The Balaban J connectivity index is 2.74. The summed E-state index contributed by atoms with van der Waals surface area (Å²) in [6.45, 7) is 4.49. The Hall–Kier alpha value is -1.57. The van der Waals surface area contributed by atoms with Crippen LogP contribution in [0.1, 0.15) is 13.8 Å². The molecule has 0 atom stereocenters. The van der Waals surface area contributed by atoms with Crippen molar-refractivity contribution >= 4 is 5.78 Å². The predicted octanol–water partition coefficient (Wildman–Crippen LogP) is 2.12. The Kier molecular flexibility index (Phi) is 3.92. The highest BCUT2D eigenvalue weighted by Gasteiger charge is 2.09. The standard InChI is InChI=1S/C12H15NO/c1-3-4-5-10(2)12(14)11-6-8-13-9-7-11/h3-8,13H,9H2,1-2H3/b4-3-,10-5+. The highest BCUT2D eigenvalue weighted by Crippen LogP contribution is 2.09. The minimum absolute atomic E-state index is 0.0980. The van der Waals surface area contributed by atoms with E-state index in [1.807, 2.05) is 38.2 Å². The molecule has 2 heteroatoms. The number of rotatable bonds is 3. The second kappa shape index (κ2) is 5.22. The second-order valence-electron chi connectivity index (χ2n) is 3.11. The monoisotopic (exact) mass is 189 g/mol. The van der Waals surface area contributed by atoms with E-state index in [1.54, 1.807) is 12.3 Å². The lowest BCUT2D eigenvalue weighted by molar-refractivity contribution is -0.111. The largest absolute Gasteiger partial charge is 0.387 e. The minimum atomic E-state index is 0.0980. The number of allylic oxidation sites excluding steroid dienone is 6. The van der Waals surface area contributed by atoms with Gasteiger partial charge in [0.05, 0.1) is 0 Å². The molecule has 74 valence electrons. The molecular formula is C12H15NO. The molecule has 0 aromatic rings. The van der Waals surface area contributed by atoms with Crippen LogP contribution in [0.4, 0.5) is 0 Å². The average molecular weight is 189 g/mol. The van der Waals surface area contributed by atoms with Gasteiger partial charge in [0.15, 0.2) is 5.78 Å². The van der Waals surface area contributed by atoms with Crippen molar-refractivity contribution < 1.29 is 4.79 Å². The van der Waals surface area contributed by atoms with Crippen LogP contribution in [0.2, 0.25) is 0 Å². The zero-order chi connectivity index (χ0) is 10.4. The zero-order valence-electron chi connectivity index (χ0n) is 8.58. The van der Waals surface area contributed by atoms with Crippen LogP contribution in [-0.4, -0.2) is 12.3 Å². The molecule has 0 aromatic heterocycles. The van der Waals surface area contributed by atoms with Gasteiger partial charge in [-0.05, 0) is 31.7 Å². The highest BCUT2D eigenvalue weighted by atomic mass is 16.1. The molecule has 0 unspecified atom stereocenters. The fourth-order valence-electron chi connectivity index (χ4n) is 1.17. The number of nitrogens with one attached hydrogen (secondary N) is 1. The molecule has 0 radical (unpaired) electrons. The maximum atomic E-state index is 11.8. The molecular weight excluding hydrogens is 174 g/mol. The maximum Gasteiger partial charge on any atom is 0.188 e. The lowest BCUT2D eigenvalue weighted by Crippen LogP contribution is -2.13. The van der Waals surface area contributed by atoms with Gasteiger partial charge >= 0.3 is 0 Å². The number of dihydropyridines is 1. The third-order valence-electron chi connectivity index (χ3n) is 1.98. The minimum Gasteiger partial charge on any atom is -0.387 e. The summed E-state index contributed by atoms with van der Waals surface area (Å²) in [5.74, 6) is 0.0980. The molecule has 1 rings (SSSR count). The summed E-state index contributed by atoms with van der Waals surface area (Å²) < 4.78 is 0. The molecule has 0 spiro atoms. The number of carbonyl (C=O) groups is 1. The normalized spacial score (nSPS) is 16.7. The van der Waals surface area contributed by atoms with Crippen LogP contribution in [-0.2, 0) is 4.79 Å². The van der Waals surface area contributed by atoms with Gasteiger partial charge in [-0.2, -0.15) is 0 Å². The Morgan fingerprint density at radius 1 is 1.57 bits per heavy atom. The van der Waals surface area contributed by atoms with Crippen molar-refractivity contribution in [2.24, 2.45) is 0 Å². The first-order valence-electron chi connectivity index (χ1n) is 4.70. The molecule has 0 aliphatic carbocycles. The number of hydrogen-bond acceptors (Lipinski definition) is 2. The fourth-order valence-corrected chi connectivity index (χ4v) is 1.17. The predicted molar refractivity (Wildman–Crippen MR) is 58.8 cm³/mol. The first kappa shape index (κ1) is 10.5. The summed E-state index contributed by atoms with van der Waals surface area (Å²) >= 11 is 0. The Bertz CT molecular complexity index is 332. The molecule has 1 aliphatic heterocycles. The van der Waals surface area contributed by atoms with Gasteiger partial charge in [-0.3, -0.25) is 4.79 Å². The first-order valence-corrected chi connectivity index (χ1v) is 4.70. The van der Waals surface area contributed by atoms with Gasteiger partial charge in [-0.15, -0.1) is 0 Å². The Labute approximate surface area is 84.7 Å². The van der Waals surface area contributed by atoms with E-state index in [0.29, 0.717) is 0 Å². The fraction of sp³-hybridized carbons (Fsp3) is 0.250. The number of hydrogen-bond donors (Lipinski definition) is 1. The third-order valence-corrected chi connectivity index (χ3v) is 1.98. The molecule has 1 heterocycles. The summed E-state index contributed by atoms with van der Waals surface area (Å²) in [6, 6.07) is 0. The number of Topliss-reactive ketones (excluding diaryl/α,β-unsaturated/α-hetero) is 1. The van der Waals surface area contributed by atoms with Crippen molar-refractivity contribution in [1.29, 1.82) is 0 Å². The van der Waals surface area contributed by atoms with Gasteiger partial charge in [0, 0.05) is 12.1 Å². The van der Waals surface area contributed by atoms with Crippen LogP contribution in [0.25, 0.3) is 0 Å². The number of carbonyl (C=O) groups excluding carboxylic acids is 1. The molecule has 1 N–H and O–H groups in total. The van der Waals surface area contributed by atoms with Gasteiger partial charge in [-0.25, -0.2) is 0 Å². The topological polar surface area (TPSA) is 29.1 Å². The smallest absolute Gasteiger partial charge is 0.188 e. The van der Waals surface area contributed by atoms with Gasteiger partial charge in [0.25, 0.3) is 0 Å². The molecule has 0 amide bonds. The molecule has 14 heavy (non-hydrogen) atoms. The Morgan fingerprint density at radius 2 is 2.36 bits per heavy atom. The molecule has 0 saturated heterocycles. The average Bonchev–Trinajstić information content (AvgIpc) is 2.26. The number of ketones is 1. The summed E-state index contributed by atoms with van der Waals surface area (Å²) in [7, 11) is 0. The van der Waals surface area contributed by atoms with Gasteiger partial charge < -0.3 is 5.32 Å². The van der Waals surface area contributed by atoms with Crippen molar-refractivity contribution in [3.05, 3.63) is 47.7 Å². The van der Waals surface area contributed by atoms with Crippen molar-refractivity contribution in [3.8, 4) is 0 Å². The summed E-state index contributed by atoms with van der Waals surface area (Å²) in [5, 5.41) is 3.01. The lowest BCUT2D eigenvalue weighted by atomic mass is 10.0. The van der Waals surface area contributed by atoms with E-state index in [-0.39, 0.29) is 5.78 Å². The van der Waals surface area contributed by atoms with Crippen LogP contribution in [0, 0.1) is 0 Å². The summed E-state index contributed by atoms with van der Waals surface area (Å²) in [4.78, 5) is 11.8. The third kappa shape index (κ3) is 2.73. The molecule has 1 aliphatic rings. The summed E-state index contributed by atoms with van der Waals surface area (Å²) in [5.41, 5.74) is 1.53. The molecule has 2 nitrogen and oxygen atoms in total. The van der Waals surface area contributed by atoms with Crippen molar-refractivity contribution in [1.82, 2.24) is 5.32 Å². The van der Waals surface area contributed by atoms with Crippen molar-refractivity contribution in [3.63, 3.8) is 0 Å². The van der Waals surface area contributed by atoms with E-state index >= 15 is 0 Å². The van der Waals surface area contributed by atoms with Crippen LogP contribution < -0.4 is 5.32 Å². The highest BCUT2D eigenvalue weighted by molar-refractivity contribution is 6.09. The molecule has 0 aromatic carbocycles. The lowest BCUT2D eigenvalue weighted by Gasteiger charge is -2.07. The SMILES string of the molecule is C/C=C\C=C(/C)C(=O)C1=CCNC=C1. The van der Waals surface area contributed by atoms with E-state index in [1.165, 1.54) is 0 Å². The van der Waals surface area contributed by atoms with E-state index < -0.39 is 0 Å². The van der Waals surface area contributed by atoms with Gasteiger partial charge in [0.2, 0.25) is 0 Å². The van der Waals surface area contributed by atoms with E-state index in [0.717, 1.165) is 17.7 Å². The molecule has 0 bridgehead atoms. The van der Waals surface area contributed by atoms with Crippen LogP contribution in [0.5, 0.6) is 0 Å². The van der Waals surface area contributed by atoms with Crippen LogP contribution in [0.15, 0.2) is 47.7 Å². The van der Waals surface area contributed by atoms with E-state index in [9.17, 15) is 4.79 Å². The van der Waals surface area contributed by atoms with Crippen molar-refractivity contribution in [2.45, 2.75) is 13.8 Å². The maximum absolute atomic E-state index is 11.8. The quantitative estimate of drug-likeness (QED) is 0.544. The van der Waals surface area contributed by atoms with Gasteiger partial charge in [0.1, 0.15) is 0 Å². The van der Waals surface area contributed by atoms with E-state index in [4.69, 9.17) is 0 Å². The van der Waals surface area contributed by atoms with E-state index in [2.05, 4.69) is 5.32 Å². The van der Waals surface area contributed by atoms with Crippen molar-refractivity contribution in [2.75, 3.05) is 6.54 Å². The van der Waals surface area contributed by atoms with Crippen LogP contribution in [0.3, 0.4) is 0 Å². The summed E-state index contributed by atoms with van der Waals surface area (Å²) in [6.07, 6.45) is 11.1. The molecule has 0 fully saturated rings. The molecule has 0 saturated carbocycles. The van der Waals surface area contributed by atoms with Gasteiger partial charge in [-0.1, -0.05) is 24.3 Å².